The van der Waals surface area contributed by atoms with Gasteiger partial charge in [0.1, 0.15) is 0 Å². The van der Waals surface area contributed by atoms with E-state index in [1.54, 1.807) is 0 Å². The molecule has 47 heavy (non-hydrogen) atoms. The topological polar surface area (TPSA) is 3.24 Å². The van der Waals surface area contributed by atoms with Gasteiger partial charge < -0.3 is 4.90 Å². The molecule has 1 unspecified atom stereocenters. The molecule has 6 aromatic rings. The van der Waals surface area contributed by atoms with Gasteiger partial charge in [0.05, 0.1) is 0 Å². The molecule has 0 N–H and O–H groups in total. The summed E-state index contributed by atoms with van der Waals surface area (Å²) in [6.07, 6.45) is 4.76. The number of rotatable bonds is 7. The molecule has 0 saturated heterocycles. The summed E-state index contributed by atoms with van der Waals surface area (Å²) in [6, 6.07) is 50.6. The molecule has 1 atom stereocenters. The Morgan fingerprint density at radius 1 is 0.681 bits per heavy atom. The summed E-state index contributed by atoms with van der Waals surface area (Å²) in [5, 5.41) is 1.35. The lowest BCUT2D eigenvalue weighted by molar-refractivity contribution is 0.482. The van der Waals surface area contributed by atoms with Crippen LogP contribution in [0.1, 0.15) is 47.9 Å². The zero-order valence-electron chi connectivity index (χ0n) is 27.9. The van der Waals surface area contributed by atoms with Gasteiger partial charge in [-0.25, -0.2) is 0 Å². The zero-order chi connectivity index (χ0) is 32.5. The van der Waals surface area contributed by atoms with Crippen molar-refractivity contribution in [3.05, 3.63) is 196 Å². The number of hydrogen-bond donors (Lipinski definition) is 0. The third-order valence-electron chi connectivity index (χ3n) is 10.0. The third-order valence-corrected chi connectivity index (χ3v) is 11.3. The molecule has 1 heterocycles. The minimum atomic E-state index is -0.302. The van der Waals surface area contributed by atoms with E-state index >= 15 is 0 Å². The van der Waals surface area contributed by atoms with E-state index in [0.717, 1.165) is 11.4 Å². The van der Waals surface area contributed by atoms with Gasteiger partial charge in [0.25, 0.3) is 0 Å². The van der Waals surface area contributed by atoms with Gasteiger partial charge in [-0.2, -0.15) is 0 Å². The van der Waals surface area contributed by atoms with Crippen LogP contribution in [0, 0.1) is 19.8 Å². The Kier molecular flexibility index (Phi) is 8.30. The number of thiophene rings is 1. The first-order valence-electron chi connectivity index (χ1n) is 16.5. The lowest BCUT2D eigenvalue weighted by atomic mass is 9.64. The lowest BCUT2D eigenvalue weighted by Crippen LogP contribution is -2.33. The first-order valence-corrected chi connectivity index (χ1v) is 17.3. The van der Waals surface area contributed by atoms with Crippen molar-refractivity contribution in [2.45, 2.75) is 40.0 Å². The molecule has 0 saturated carbocycles. The molecule has 1 nitrogen and oxygen atoms in total. The fourth-order valence-corrected chi connectivity index (χ4v) is 9.15. The van der Waals surface area contributed by atoms with Crippen molar-refractivity contribution >= 4 is 38.4 Å². The van der Waals surface area contributed by atoms with Crippen LogP contribution in [0.5, 0.6) is 0 Å². The smallest absolute Gasteiger partial charge is 0.0483 e. The Labute approximate surface area is 283 Å². The zero-order valence-corrected chi connectivity index (χ0v) is 28.7. The summed E-state index contributed by atoms with van der Waals surface area (Å²) in [7, 11) is 0. The van der Waals surface area contributed by atoms with Crippen LogP contribution in [0.2, 0.25) is 0 Å². The number of anilines is 2. The van der Waals surface area contributed by atoms with Crippen molar-refractivity contribution in [1.82, 2.24) is 0 Å². The highest BCUT2D eigenvalue weighted by Crippen LogP contribution is 2.59. The minimum Gasteiger partial charge on any atom is -0.315 e. The van der Waals surface area contributed by atoms with Crippen molar-refractivity contribution in [2.24, 2.45) is 5.92 Å². The molecule has 232 valence electrons. The fourth-order valence-electron chi connectivity index (χ4n) is 7.82. The molecular formula is C45H41NS. The highest BCUT2D eigenvalue weighted by Gasteiger charge is 2.50. The van der Waals surface area contributed by atoms with Gasteiger partial charge in [-0.15, -0.1) is 11.3 Å². The largest absolute Gasteiger partial charge is 0.315 e. The number of para-hydroxylation sites is 1. The second-order valence-corrected chi connectivity index (χ2v) is 13.8. The number of nitrogens with zero attached hydrogens (tertiary/aromatic N) is 1. The van der Waals surface area contributed by atoms with Crippen LogP contribution in [-0.4, -0.2) is 0 Å². The highest BCUT2D eigenvalue weighted by atomic mass is 32.1. The van der Waals surface area contributed by atoms with Crippen molar-refractivity contribution < 1.29 is 0 Å². The molecule has 0 bridgehead atoms. The third kappa shape index (κ3) is 5.27. The molecule has 0 amide bonds. The van der Waals surface area contributed by atoms with Crippen LogP contribution >= 0.6 is 11.3 Å². The van der Waals surface area contributed by atoms with Crippen molar-refractivity contribution in [3.63, 3.8) is 0 Å². The summed E-state index contributed by atoms with van der Waals surface area (Å²) < 4.78 is 1.34. The van der Waals surface area contributed by atoms with E-state index in [0.29, 0.717) is 0 Å². The van der Waals surface area contributed by atoms with Gasteiger partial charge in [-0.3, -0.25) is 0 Å². The number of fused-ring (bicyclic) bond motifs is 1. The number of benzene rings is 5. The van der Waals surface area contributed by atoms with E-state index < -0.39 is 0 Å². The molecule has 1 aliphatic rings. The average Bonchev–Trinajstić information content (AvgIpc) is 3.54. The predicted octanol–water partition coefficient (Wildman–Crippen LogP) is 12.6. The maximum absolute atomic E-state index is 2.43. The standard InChI is InChI=1S/C45H41NS/c1-31-18-17-25-39(30-31)46(38-23-13-8-14-24-38)32(2)28-29-41-34(4)45(36-19-9-6-10-20-36,37-21-11-7-12-22-37)35(5)43(41)44-33(3)40-26-15-16-27-42(40)47-44/h6-30,34H,1-5H3/b32-28+,41-29+. The second-order valence-electron chi connectivity index (χ2n) is 12.8. The molecule has 1 aromatic heterocycles. The van der Waals surface area contributed by atoms with Crippen LogP contribution in [-0.2, 0) is 5.41 Å². The summed E-state index contributed by atoms with van der Waals surface area (Å²) in [4.78, 5) is 3.74. The Hall–Kier alpha value is -4.92. The van der Waals surface area contributed by atoms with Crippen LogP contribution in [0.3, 0.4) is 0 Å². The van der Waals surface area contributed by atoms with Crippen LogP contribution in [0.15, 0.2) is 169 Å². The van der Waals surface area contributed by atoms with Gasteiger partial charge in [-0.1, -0.05) is 122 Å². The molecule has 7 rings (SSSR count). The summed E-state index contributed by atoms with van der Waals surface area (Å²) >= 11 is 1.93. The lowest BCUT2D eigenvalue weighted by Gasteiger charge is -2.37. The highest BCUT2D eigenvalue weighted by molar-refractivity contribution is 7.20. The molecule has 0 aliphatic heterocycles. The summed E-state index contributed by atoms with van der Waals surface area (Å²) in [5.74, 6) is 0.195. The quantitative estimate of drug-likeness (QED) is 0.170. The predicted molar refractivity (Wildman–Crippen MR) is 204 cm³/mol. The summed E-state index contributed by atoms with van der Waals surface area (Å²) in [6.45, 7) is 11.5. The fraction of sp³-hybridized carbons (Fsp3) is 0.156. The molecule has 0 radical (unpaired) electrons. The van der Waals surface area contributed by atoms with Gasteiger partial charge in [0.2, 0.25) is 0 Å². The Balaban J connectivity index is 1.48. The van der Waals surface area contributed by atoms with E-state index in [-0.39, 0.29) is 11.3 Å². The van der Waals surface area contributed by atoms with Crippen molar-refractivity contribution in [1.29, 1.82) is 0 Å². The first kappa shape index (κ1) is 30.7. The van der Waals surface area contributed by atoms with Gasteiger partial charge in [-0.05, 0) is 114 Å². The van der Waals surface area contributed by atoms with E-state index in [9.17, 15) is 0 Å². The molecule has 1 aliphatic carbocycles. The molecule has 0 fully saturated rings. The first-order chi connectivity index (χ1) is 22.9. The van der Waals surface area contributed by atoms with E-state index in [4.69, 9.17) is 0 Å². The Morgan fingerprint density at radius 2 is 1.26 bits per heavy atom. The molecule has 2 heteroatoms. The van der Waals surface area contributed by atoms with Crippen LogP contribution in [0.25, 0.3) is 15.7 Å². The SMILES string of the molecule is CC1=C(c2sc3ccccc3c2C)/C(=C/C=C(\C)N(c2ccccc2)c2cccc(C)c2)C(C)C1(c1ccccc1)c1ccccc1. The van der Waals surface area contributed by atoms with Crippen LogP contribution in [0.4, 0.5) is 11.4 Å². The maximum atomic E-state index is 2.43. The minimum absolute atomic E-state index is 0.195. The maximum Gasteiger partial charge on any atom is 0.0483 e. The average molecular weight is 628 g/mol. The summed E-state index contributed by atoms with van der Waals surface area (Å²) in [5.41, 5.74) is 12.6. The monoisotopic (exact) mass is 627 g/mol. The van der Waals surface area contributed by atoms with E-state index in [2.05, 4.69) is 191 Å². The van der Waals surface area contributed by atoms with Crippen molar-refractivity contribution in [3.8, 4) is 0 Å². The van der Waals surface area contributed by atoms with Gasteiger partial charge in [0, 0.05) is 32.1 Å². The van der Waals surface area contributed by atoms with Gasteiger partial charge >= 0.3 is 0 Å². The van der Waals surface area contributed by atoms with E-state index in [1.807, 2.05) is 11.3 Å². The second kappa shape index (κ2) is 12.7. The molecule has 0 spiro atoms. The number of allylic oxidation sites excluding steroid dienone is 6. The van der Waals surface area contributed by atoms with E-state index in [1.165, 1.54) is 59.6 Å². The molecule has 5 aromatic carbocycles. The Morgan fingerprint density at radius 3 is 1.87 bits per heavy atom. The Bertz CT molecular complexity index is 2090. The number of aryl methyl sites for hydroxylation is 2. The molecular weight excluding hydrogens is 587 g/mol. The van der Waals surface area contributed by atoms with Gasteiger partial charge in [0.15, 0.2) is 0 Å². The van der Waals surface area contributed by atoms with Crippen molar-refractivity contribution in [2.75, 3.05) is 4.90 Å². The normalized spacial score (nSPS) is 17.1. The van der Waals surface area contributed by atoms with Crippen LogP contribution < -0.4 is 4.90 Å². The number of hydrogen-bond acceptors (Lipinski definition) is 2.